The Morgan fingerprint density at radius 1 is 1.38 bits per heavy atom. The molecule has 4 nitrogen and oxygen atoms in total. The van der Waals surface area contributed by atoms with Crippen molar-refractivity contribution >= 4 is 17.6 Å². The number of rotatable bonds is 2. The number of anilines is 1. The molecular weight excluding hydrogens is 206 g/mol. The Bertz CT molecular complexity index is 424. The van der Waals surface area contributed by atoms with Crippen molar-refractivity contribution in [2.24, 2.45) is 0 Å². The summed E-state index contributed by atoms with van der Waals surface area (Å²) >= 11 is 0. The SMILES string of the molecule is CC(=O)c1ccc(N2CC(C)OC2=O)cc1. The first-order chi connectivity index (χ1) is 7.58. The fourth-order valence-corrected chi connectivity index (χ4v) is 1.69. The summed E-state index contributed by atoms with van der Waals surface area (Å²) in [7, 11) is 0. The quantitative estimate of drug-likeness (QED) is 0.716. The number of Topliss-reactive ketones (excluding diaryl/α,β-unsaturated/α-hetero) is 1. The molecule has 1 fully saturated rings. The van der Waals surface area contributed by atoms with Gasteiger partial charge in [-0.25, -0.2) is 4.79 Å². The van der Waals surface area contributed by atoms with E-state index >= 15 is 0 Å². The molecule has 1 unspecified atom stereocenters. The zero-order valence-electron chi connectivity index (χ0n) is 9.27. The molecule has 1 heterocycles. The molecule has 1 aromatic rings. The Hall–Kier alpha value is -1.84. The molecule has 84 valence electrons. The molecular formula is C12H13NO3. The molecule has 0 bridgehead atoms. The van der Waals surface area contributed by atoms with Crippen molar-refractivity contribution in [2.75, 3.05) is 11.4 Å². The molecule has 0 saturated carbocycles. The van der Waals surface area contributed by atoms with Crippen LogP contribution >= 0.6 is 0 Å². The van der Waals surface area contributed by atoms with Crippen LogP contribution in [0.3, 0.4) is 0 Å². The predicted octanol–water partition coefficient (Wildman–Crippen LogP) is 2.23. The summed E-state index contributed by atoms with van der Waals surface area (Å²) in [5.74, 6) is 0.0175. The second-order valence-corrected chi connectivity index (χ2v) is 3.91. The normalized spacial score (nSPS) is 19.8. The predicted molar refractivity (Wildman–Crippen MR) is 59.7 cm³/mol. The summed E-state index contributed by atoms with van der Waals surface area (Å²) in [4.78, 5) is 24.1. The minimum absolute atomic E-state index is 0.0175. The second kappa shape index (κ2) is 3.96. The molecule has 1 saturated heterocycles. The van der Waals surface area contributed by atoms with Crippen LogP contribution in [-0.2, 0) is 4.74 Å². The molecule has 1 aliphatic rings. The van der Waals surface area contributed by atoms with Gasteiger partial charge in [-0.05, 0) is 38.1 Å². The molecule has 0 aromatic heterocycles. The Morgan fingerprint density at radius 2 is 2.00 bits per heavy atom. The lowest BCUT2D eigenvalue weighted by Crippen LogP contribution is -2.23. The molecule has 16 heavy (non-hydrogen) atoms. The first-order valence-corrected chi connectivity index (χ1v) is 5.17. The van der Waals surface area contributed by atoms with Crippen LogP contribution in [0.4, 0.5) is 10.5 Å². The summed E-state index contributed by atoms with van der Waals surface area (Å²) in [5, 5.41) is 0. The smallest absolute Gasteiger partial charge is 0.414 e. The van der Waals surface area contributed by atoms with Gasteiger partial charge in [-0.2, -0.15) is 0 Å². The van der Waals surface area contributed by atoms with Gasteiger partial charge in [0.05, 0.1) is 6.54 Å². The molecule has 0 radical (unpaired) electrons. The lowest BCUT2D eigenvalue weighted by atomic mass is 10.1. The number of ether oxygens (including phenoxy) is 1. The number of hydrogen-bond donors (Lipinski definition) is 0. The first-order valence-electron chi connectivity index (χ1n) is 5.17. The summed E-state index contributed by atoms with van der Waals surface area (Å²) < 4.78 is 5.03. The highest BCUT2D eigenvalue weighted by atomic mass is 16.6. The van der Waals surface area contributed by atoms with Gasteiger partial charge in [0.2, 0.25) is 0 Å². The van der Waals surface area contributed by atoms with Crippen LogP contribution in [0.2, 0.25) is 0 Å². The first kappa shape index (κ1) is 10.7. The van der Waals surface area contributed by atoms with Crippen molar-refractivity contribution in [2.45, 2.75) is 20.0 Å². The fraction of sp³-hybridized carbons (Fsp3) is 0.333. The van der Waals surface area contributed by atoms with E-state index in [-0.39, 0.29) is 18.0 Å². The van der Waals surface area contributed by atoms with Gasteiger partial charge in [0.1, 0.15) is 6.10 Å². The number of benzene rings is 1. The van der Waals surface area contributed by atoms with Crippen molar-refractivity contribution in [3.8, 4) is 0 Å². The largest absolute Gasteiger partial charge is 0.444 e. The average Bonchev–Trinajstić information content (AvgIpc) is 2.58. The van der Waals surface area contributed by atoms with Gasteiger partial charge in [-0.15, -0.1) is 0 Å². The number of carbonyl (C=O) groups is 2. The maximum Gasteiger partial charge on any atom is 0.414 e. The molecule has 4 heteroatoms. The van der Waals surface area contributed by atoms with Crippen LogP contribution in [0.25, 0.3) is 0 Å². The van der Waals surface area contributed by atoms with E-state index in [0.717, 1.165) is 5.69 Å². The van der Waals surface area contributed by atoms with Gasteiger partial charge in [0.15, 0.2) is 5.78 Å². The number of cyclic esters (lactones) is 1. The van der Waals surface area contributed by atoms with Gasteiger partial charge < -0.3 is 4.74 Å². The molecule has 1 atom stereocenters. The van der Waals surface area contributed by atoms with Crippen molar-refractivity contribution < 1.29 is 14.3 Å². The van der Waals surface area contributed by atoms with Crippen LogP contribution < -0.4 is 4.90 Å². The number of amides is 1. The van der Waals surface area contributed by atoms with Gasteiger partial charge in [0, 0.05) is 11.3 Å². The lowest BCUT2D eigenvalue weighted by molar-refractivity contribution is 0.101. The van der Waals surface area contributed by atoms with Gasteiger partial charge in [0.25, 0.3) is 0 Å². The van der Waals surface area contributed by atoms with Crippen molar-refractivity contribution in [1.82, 2.24) is 0 Å². The molecule has 0 aliphatic carbocycles. The van der Waals surface area contributed by atoms with Gasteiger partial charge in [-0.3, -0.25) is 9.69 Å². The highest BCUT2D eigenvalue weighted by molar-refractivity contribution is 5.95. The van der Waals surface area contributed by atoms with E-state index in [9.17, 15) is 9.59 Å². The molecule has 0 spiro atoms. The van der Waals surface area contributed by atoms with Crippen LogP contribution in [-0.4, -0.2) is 24.5 Å². The van der Waals surface area contributed by atoms with E-state index in [1.165, 1.54) is 6.92 Å². The summed E-state index contributed by atoms with van der Waals surface area (Å²) in [5.41, 5.74) is 1.41. The topological polar surface area (TPSA) is 46.6 Å². The molecule has 1 aliphatic heterocycles. The summed E-state index contributed by atoms with van der Waals surface area (Å²) in [6, 6.07) is 6.95. The molecule has 1 aromatic carbocycles. The Balaban J connectivity index is 2.22. The third kappa shape index (κ3) is 1.91. The van der Waals surface area contributed by atoms with E-state index in [1.807, 2.05) is 6.92 Å². The number of ketones is 1. The average molecular weight is 219 g/mol. The Kier molecular flexibility index (Phi) is 2.64. The monoisotopic (exact) mass is 219 g/mol. The summed E-state index contributed by atoms with van der Waals surface area (Å²) in [6.07, 6.45) is -0.414. The third-order valence-electron chi connectivity index (χ3n) is 2.55. The van der Waals surface area contributed by atoms with Crippen LogP contribution in [0, 0.1) is 0 Å². The van der Waals surface area contributed by atoms with Crippen LogP contribution in [0.5, 0.6) is 0 Å². The molecule has 2 rings (SSSR count). The minimum atomic E-state index is -0.330. The van der Waals surface area contributed by atoms with Crippen molar-refractivity contribution in [1.29, 1.82) is 0 Å². The highest BCUT2D eigenvalue weighted by Gasteiger charge is 2.29. The van der Waals surface area contributed by atoms with E-state index < -0.39 is 0 Å². The zero-order valence-corrected chi connectivity index (χ0v) is 9.27. The molecule has 1 amide bonds. The maximum absolute atomic E-state index is 11.4. The minimum Gasteiger partial charge on any atom is -0.444 e. The van der Waals surface area contributed by atoms with E-state index in [2.05, 4.69) is 0 Å². The highest BCUT2D eigenvalue weighted by Crippen LogP contribution is 2.21. The second-order valence-electron chi connectivity index (χ2n) is 3.91. The lowest BCUT2D eigenvalue weighted by Gasteiger charge is -2.12. The third-order valence-corrected chi connectivity index (χ3v) is 2.55. The fourth-order valence-electron chi connectivity index (χ4n) is 1.69. The maximum atomic E-state index is 11.4. The van der Waals surface area contributed by atoms with Crippen molar-refractivity contribution in [3.63, 3.8) is 0 Å². The van der Waals surface area contributed by atoms with Crippen LogP contribution in [0.1, 0.15) is 24.2 Å². The zero-order chi connectivity index (χ0) is 11.7. The van der Waals surface area contributed by atoms with Gasteiger partial charge in [-0.1, -0.05) is 0 Å². The van der Waals surface area contributed by atoms with E-state index in [4.69, 9.17) is 4.74 Å². The van der Waals surface area contributed by atoms with E-state index in [1.54, 1.807) is 29.2 Å². The Labute approximate surface area is 93.8 Å². The summed E-state index contributed by atoms with van der Waals surface area (Å²) in [6.45, 7) is 3.92. The van der Waals surface area contributed by atoms with Crippen molar-refractivity contribution in [3.05, 3.63) is 29.8 Å². The van der Waals surface area contributed by atoms with Gasteiger partial charge >= 0.3 is 6.09 Å². The van der Waals surface area contributed by atoms with E-state index in [0.29, 0.717) is 12.1 Å². The Morgan fingerprint density at radius 3 is 2.44 bits per heavy atom. The number of nitrogens with zero attached hydrogens (tertiary/aromatic N) is 1. The number of hydrogen-bond acceptors (Lipinski definition) is 3. The standard InChI is InChI=1S/C12H13NO3/c1-8-7-13(12(15)16-8)11-5-3-10(4-6-11)9(2)14/h3-6,8H,7H2,1-2H3. The van der Waals surface area contributed by atoms with Crippen LogP contribution in [0.15, 0.2) is 24.3 Å². The number of carbonyl (C=O) groups excluding carboxylic acids is 2. The molecule has 0 N–H and O–H groups in total.